The number of rotatable bonds is 56. The standard InChI is InChI=1S/C26H54O9Si4.C24H52O8Si4.C15H23F3O5.C14H18O3.C13H19F3O5.14CH4/c1-14-26(4,22(27)18-25(2,3)23(28)32-20-21-19-31-21)24(29)30-16-15-17-39(33-36(5,6)7,34-37(8,9)10)35-38(11,12)13;1-15-24(4,20(25)19-23(2,3)21(26)28-5)22(27)29-17-16-18-36(30-33(6,7)8,31-34(9,10)11)32-35(12,13)14;1-6-14(4,12(21)23-8-7-15(16,17)18)10(19)9-13(2,3)11(20)22-5;1-3-12(11-7-5-4-6-8-11)13(15)9-10(2)14(16)17;1-4-12(3,9(17)7-8(2)10(18)19)11(20)21-6-5-13(14,15)16;;;;;;;;;;;;;;/h21H,14-20H2,1-13H3;15-19H2,1-14H3;6-9H2,1-5H3;4-8,10,12H,3,9H2,1-2H3,(H,16,17);8H,4-7H2,1-3H3,(H,18,19);14*1H4. The van der Waals surface area contributed by atoms with E-state index in [2.05, 4.69) is 132 Å². The summed E-state index contributed by atoms with van der Waals surface area (Å²) in [5.74, 6) is -10.6. The molecule has 8 unspecified atom stereocenters. The van der Waals surface area contributed by atoms with Crippen molar-refractivity contribution in [2.75, 3.05) is 53.9 Å². The summed E-state index contributed by atoms with van der Waals surface area (Å²) in [7, 11) is -15.6. The highest BCUT2D eigenvalue weighted by molar-refractivity contribution is 6.91. The van der Waals surface area contributed by atoms with Gasteiger partial charge in [-0.3, -0.25) is 67.1 Å². The zero-order valence-electron chi connectivity index (χ0n) is 88.3. The molecule has 0 bridgehead atoms. The van der Waals surface area contributed by atoms with Crippen LogP contribution in [-0.2, 0) is 130 Å². The van der Waals surface area contributed by atoms with Crippen molar-refractivity contribution in [1.29, 1.82) is 0 Å². The molecule has 1 saturated heterocycles. The number of esters is 7. The SMILES string of the molecule is C.C.C.C.C.C.C.C.C.C.C.C.C.C.CCC(C(=O)CC(C)C(=O)O)c1ccccc1.CCC(C)(C(=O)CC(C)(C)C(=O)OC)C(=O)OCCC(F)(F)F.CCC(C)(C(=O)CC(C)(C)C(=O)OC)C(=O)OCCC[Si](O[Si](C)(C)C)(O[Si](C)(C)C)O[Si](C)(C)C.CCC(C)(C(=O)CC(C)(C)C(=O)OCC1CO1)C(=O)OCCC[Si](O[Si](C)(C)C)(O[Si](C)(C)C)O[Si](C)(C)C.CCC(C)(C(=O)CC(C)C(=O)O)C(=O)OCCC(F)(F)F. The van der Waals surface area contributed by atoms with Gasteiger partial charge in [-0.25, -0.2) is 0 Å². The molecule has 0 spiro atoms. The Labute approximate surface area is 916 Å². The van der Waals surface area contributed by atoms with Gasteiger partial charge in [-0.05, 0) is 238 Å². The molecular formula is C106H222F6O30Si8. The van der Waals surface area contributed by atoms with Crippen LogP contribution < -0.4 is 0 Å². The third-order valence-corrected chi connectivity index (χ3v) is 45.4. The number of methoxy groups -OCH3 is 2. The molecule has 44 heteroatoms. The van der Waals surface area contributed by atoms with Crippen LogP contribution in [0.5, 0.6) is 0 Å². The molecule has 1 fully saturated rings. The van der Waals surface area contributed by atoms with E-state index >= 15 is 0 Å². The van der Waals surface area contributed by atoms with E-state index in [0.29, 0.717) is 38.0 Å². The molecule has 1 aliphatic rings. The number of hydrogen-bond donors (Lipinski definition) is 2. The Hall–Kier alpha value is -6.16. The van der Waals surface area contributed by atoms with E-state index in [1.54, 1.807) is 69.2 Å². The molecule has 8 atom stereocenters. The first kappa shape index (κ1) is 182. The lowest BCUT2D eigenvalue weighted by Gasteiger charge is -2.43. The number of halogens is 6. The van der Waals surface area contributed by atoms with Crippen molar-refractivity contribution in [2.24, 2.45) is 49.7 Å². The van der Waals surface area contributed by atoms with Crippen molar-refractivity contribution in [3.05, 3.63) is 35.9 Å². The van der Waals surface area contributed by atoms with Crippen molar-refractivity contribution in [1.82, 2.24) is 0 Å². The second-order valence-corrected chi connectivity index (χ2v) is 77.0. The average molecular weight is 2320 g/mol. The number of carbonyl (C=O) groups is 14. The molecule has 0 saturated carbocycles. The summed E-state index contributed by atoms with van der Waals surface area (Å²) >= 11 is 0. The fourth-order valence-electron chi connectivity index (χ4n) is 12.7. The van der Waals surface area contributed by atoms with Crippen LogP contribution in [0, 0.1) is 49.7 Å². The van der Waals surface area contributed by atoms with Gasteiger partial charge in [0.05, 0.1) is 88.2 Å². The highest BCUT2D eigenvalue weighted by atomic mass is 28.5. The zero-order valence-corrected chi connectivity index (χ0v) is 96.3. The normalized spacial score (nSPS) is 14.5. The number of epoxide rings is 1. The minimum atomic E-state index is -4.45. The lowest BCUT2D eigenvalue weighted by molar-refractivity contribution is -0.171. The summed E-state index contributed by atoms with van der Waals surface area (Å²) in [5.41, 5.74) is -8.18. The molecule has 1 aliphatic heterocycles. The molecule has 1 heterocycles. The summed E-state index contributed by atoms with van der Waals surface area (Å²) in [6.07, 6.45) is -9.98. The predicted octanol–water partition coefficient (Wildman–Crippen LogP) is 29.1. The minimum absolute atomic E-state index is 0. The first-order valence-corrected chi connectivity index (χ1v) is 70.6. The molecule has 900 valence electrons. The summed E-state index contributed by atoms with van der Waals surface area (Å²) in [6.45, 7) is 64.4. The topological polar surface area (TPSA) is 412 Å². The van der Waals surface area contributed by atoms with Gasteiger partial charge >= 0.3 is 83.7 Å². The summed E-state index contributed by atoms with van der Waals surface area (Å²) in [6, 6.07) is 10.6. The van der Waals surface area contributed by atoms with Crippen molar-refractivity contribution in [2.45, 2.75) is 466 Å². The second kappa shape index (κ2) is 76.5. The maximum absolute atomic E-state index is 13.3. The molecule has 2 rings (SSSR count). The largest absolute Gasteiger partial charge is 0.481 e. The van der Waals surface area contributed by atoms with E-state index in [4.69, 9.17) is 58.6 Å². The van der Waals surface area contributed by atoms with Crippen LogP contribution in [0.15, 0.2) is 30.3 Å². The van der Waals surface area contributed by atoms with Crippen LogP contribution in [0.3, 0.4) is 0 Å². The molecule has 1 aromatic carbocycles. The van der Waals surface area contributed by atoms with E-state index in [0.717, 1.165) is 5.56 Å². The Kier molecular flexibility index (Phi) is 93.0. The number of aliphatic carboxylic acids is 2. The van der Waals surface area contributed by atoms with Crippen LogP contribution in [0.1, 0.15) is 323 Å². The predicted molar refractivity (Wildman–Crippen MR) is 617 cm³/mol. The van der Waals surface area contributed by atoms with Gasteiger partial charge in [0, 0.05) is 50.1 Å². The monoisotopic (exact) mass is 2310 g/mol. The first-order valence-electron chi connectivity index (χ1n) is 46.3. The van der Waals surface area contributed by atoms with Gasteiger partial charge in [-0.15, -0.1) is 0 Å². The Morgan fingerprint density at radius 1 is 0.353 bits per heavy atom. The van der Waals surface area contributed by atoms with Crippen molar-refractivity contribution >= 4 is 150 Å². The van der Waals surface area contributed by atoms with Gasteiger partial charge in [0.25, 0.3) is 0 Å². The summed E-state index contributed by atoms with van der Waals surface area (Å²) in [5, 5.41) is 17.5. The third kappa shape index (κ3) is 71.2. The smallest absolute Gasteiger partial charge is 0.469 e. The van der Waals surface area contributed by atoms with Gasteiger partial charge < -0.3 is 72.8 Å². The highest BCUT2D eigenvalue weighted by Gasteiger charge is 2.54. The number of Topliss-reactive ketones (excluding diaryl/α,β-unsaturated/α-hetero) is 5. The maximum atomic E-state index is 13.3. The molecule has 0 amide bonds. The number of benzene rings is 1. The minimum Gasteiger partial charge on any atom is -0.481 e. The molecule has 0 radical (unpaired) electrons. The number of carboxylic acid groups (broad SMARTS) is 2. The van der Waals surface area contributed by atoms with Crippen LogP contribution in [0.25, 0.3) is 0 Å². The molecule has 30 nitrogen and oxygen atoms in total. The van der Waals surface area contributed by atoms with E-state index in [-0.39, 0.29) is 211 Å². The quantitative estimate of drug-likeness (QED) is 0.0116. The average Bonchev–Trinajstić information content (AvgIpc) is 1.33. The molecule has 150 heavy (non-hydrogen) atoms. The zero-order chi connectivity index (χ0) is 107. The van der Waals surface area contributed by atoms with Gasteiger partial charge in [-0.2, -0.15) is 26.3 Å². The number of ether oxygens (including phenoxy) is 8. The van der Waals surface area contributed by atoms with Crippen LogP contribution in [0.2, 0.25) is 130 Å². The Morgan fingerprint density at radius 2 is 0.587 bits per heavy atom. The van der Waals surface area contributed by atoms with Crippen LogP contribution in [-0.4, -0.2) is 233 Å². The summed E-state index contributed by atoms with van der Waals surface area (Å²) < 4.78 is 152. The molecular weight excluding hydrogens is 2090 g/mol. The van der Waals surface area contributed by atoms with Crippen LogP contribution >= 0.6 is 0 Å². The van der Waals surface area contributed by atoms with E-state index < -0.39 is 221 Å². The van der Waals surface area contributed by atoms with Gasteiger partial charge in [0.15, 0.2) is 73.0 Å². The molecule has 0 aliphatic carbocycles. The molecule has 1 aromatic rings. The first-order chi connectivity index (χ1) is 61.1. The van der Waals surface area contributed by atoms with Gasteiger partial charge in [-0.1, -0.05) is 183 Å². The fourth-order valence-corrected chi connectivity index (χ4v) is 41.9. The number of carbonyl (C=O) groups excluding carboxylic acids is 12. The van der Waals surface area contributed by atoms with Crippen LogP contribution in [0.4, 0.5) is 26.3 Å². The Balaban J connectivity index is -0.0000000988. The third-order valence-electron chi connectivity index (χ3n) is 21.3. The van der Waals surface area contributed by atoms with E-state index in [1.807, 2.05) is 37.3 Å². The fraction of sp³-hybridized carbons (Fsp3) is 0.811. The number of hydrogen-bond acceptors (Lipinski definition) is 28. The number of alkyl halides is 6. The highest BCUT2D eigenvalue weighted by Crippen LogP contribution is 2.40. The Bertz CT molecular complexity index is 3960. The van der Waals surface area contributed by atoms with Gasteiger partial charge in [0.2, 0.25) is 0 Å². The Morgan fingerprint density at radius 3 is 0.800 bits per heavy atom. The van der Waals surface area contributed by atoms with Crippen molar-refractivity contribution < 1.29 is 166 Å². The second-order valence-electron chi connectivity index (χ2n) is 43.0. The lowest BCUT2D eigenvalue weighted by Crippen LogP contribution is -2.60. The number of ketones is 5. The van der Waals surface area contributed by atoms with Crippen molar-refractivity contribution in [3.63, 3.8) is 0 Å². The van der Waals surface area contributed by atoms with E-state index in [9.17, 15) is 93.5 Å². The summed E-state index contributed by atoms with van der Waals surface area (Å²) in [4.78, 5) is 171. The van der Waals surface area contributed by atoms with E-state index in [1.165, 1.54) is 55.8 Å². The molecule has 0 aromatic heterocycles. The molecule has 2 N–H and O–H groups in total. The maximum Gasteiger partial charge on any atom is 0.469 e. The van der Waals surface area contributed by atoms with Crippen molar-refractivity contribution in [3.8, 4) is 0 Å². The lowest BCUT2D eigenvalue weighted by atomic mass is 9.75. The van der Waals surface area contributed by atoms with Gasteiger partial charge in [0.1, 0.15) is 40.2 Å². The number of carboxylic acids is 2.